The minimum atomic E-state index is -0.264. The van der Waals surface area contributed by atoms with Crippen LogP contribution >= 0.6 is 0 Å². The van der Waals surface area contributed by atoms with Crippen LogP contribution in [0.5, 0.6) is 0 Å². The fraction of sp³-hybridized carbons (Fsp3) is 0.318. The zero-order valence-corrected chi connectivity index (χ0v) is 16.9. The van der Waals surface area contributed by atoms with E-state index in [9.17, 15) is 4.79 Å². The molecule has 1 saturated heterocycles. The Labute approximate surface area is 178 Å². The number of nitriles is 1. The number of cyclic esters (lactones) is 1. The number of aromatic nitrogens is 3. The van der Waals surface area contributed by atoms with Gasteiger partial charge in [-0.15, -0.1) is 10.2 Å². The molecule has 2 aromatic heterocycles. The van der Waals surface area contributed by atoms with Gasteiger partial charge >= 0.3 is 5.97 Å². The summed E-state index contributed by atoms with van der Waals surface area (Å²) in [7, 11) is 0. The van der Waals surface area contributed by atoms with Crippen LogP contribution in [0.1, 0.15) is 44.6 Å². The van der Waals surface area contributed by atoms with Crippen LogP contribution in [0.25, 0.3) is 11.6 Å². The van der Waals surface area contributed by atoms with Crippen molar-refractivity contribution in [3.8, 4) is 17.7 Å². The number of nitrogens with zero attached hydrogens (tertiary/aromatic N) is 5. The van der Waals surface area contributed by atoms with Crippen LogP contribution in [-0.4, -0.2) is 45.7 Å². The Morgan fingerprint density at radius 2 is 2.16 bits per heavy atom. The maximum absolute atomic E-state index is 11.8. The summed E-state index contributed by atoms with van der Waals surface area (Å²) in [6, 6.07) is 9.16. The highest BCUT2D eigenvalue weighted by molar-refractivity contribution is 5.93. The molecule has 5 rings (SSSR count). The van der Waals surface area contributed by atoms with Gasteiger partial charge in [0.1, 0.15) is 18.4 Å². The van der Waals surface area contributed by atoms with Gasteiger partial charge in [0.05, 0.1) is 30.4 Å². The Bertz CT molecular complexity index is 1180. The Kier molecular flexibility index (Phi) is 4.94. The summed E-state index contributed by atoms with van der Waals surface area (Å²) in [6.45, 7) is 4.81. The second-order valence-electron chi connectivity index (χ2n) is 7.52. The lowest BCUT2D eigenvalue weighted by Crippen LogP contribution is -2.38. The molecule has 9 heteroatoms. The molecule has 0 unspecified atom stereocenters. The molecule has 0 amide bonds. The summed E-state index contributed by atoms with van der Waals surface area (Å²) in [5, 5.41) is 17.1. The summed E-state index contributed by atoms with van der Waals surface area (Å²) in [4.78, 5) is 18.2. The third-order valence-electron chi connectivity index (χ3n) is 5.64. The van der Waals surface area contributed by atoms with E-state index < -0.39 is 0 Å². The normalized spacial score (nSPS) is 18.5. The van der Waals surface area contributed by atoms with E-state index in [2.05, 4.69) is 20.1 Å². The number of hydrogen-bond donors (Lipinski definition) is 0. The third kappa shape index (κ3) is 3.67. The fourth-order valence-corrected chi connectivity index (χ4v) is 3.95. The standard InChI is InChI=1S/C22H19N5O4/c1-13-15(3-4-16-17(13)12-30-22(16)28)19-10-27(6-7-29-19)11-20-25-26-21(31-20)18-5-2-14(8-23)9-24-18/h2-5,9,19H,6-7,10-12H2,1H3/t19-/m0/s1. The van der Waals surface area contributed by atoms with Crippen molar-refractivity contribution in [2.24, 2.45) is 0 Å². The fourth-order valence-electron chi connectivity index (χ4n) is 3.95. The highest BCUT2D eigenvalue weighted by Crippen LogP contribution is 2.32. The first-order chi connectivity index (χ1) is 15.1. The first kappa shape index (κ1) is 19.4. The topological polar surface area (TPSA) is 114 Å². The SMILES string of the molecule is Cc1c([C@@H]2CN(Cc3nnc(-c4ccc(C#N)cn4)o3)CCO2)ccc2c1COC2=O. The first-order valence-corrected chi connectivity index (χ1v) is 9.94. The lowest BCUT2D eigenvalue weighted by Gasteiger charge is -2.33. The highest BCUT2D eigenvalue weighted by atomic mass is 16.5. The van der Waals surface area contributed by atoms with E-state index >= 15 is 0 Å². The molecule has 1 fully saturated rings. The van der Waals surface area contributed by atoms with Crippen LogP contribution in [-0.2, 0) is 22.6 Å². The first-order valence-electron chi connectivity index (χ1n) is 9.94. The molecule has 9 nitrogen and oxygen atoms in total. The van der Waals surface area contributed by atoms with Crippen LogP contribution in [0.15, 0.2) is 34.9 Å². The summed E-state index contributed by atoms with van der Waals surface area (Å²) in [5.41, 5.74) is 4.70. The second kappa shape index (κ2) is 7.91. The number of hydrogen-bond acceptors (Lipinski definition) is 9. The molecular weight excluding hydrogens is 398 g/mol. The number of benzene rings is 1. The molecule has 0 saturated carbocycles. The highest BCUT2D eigenvalue weighted by Gasteiger charge is 2.29. The predicted molar refractivity (Wildman–Crippen MR) is 107 cm³/mol. The molecule has 0 bridgehead atoms. The zero-order chi connectivity index (χ0) is 21.4. The summed E-state index contributed by atoms with van der Waals surface area (Å²) in [5.74, 6) is 0.551. The quantitative estimate of drug-likeness (QED) is 0.591. The molecule has 1 atom stereocenters. The van der Waals surface area contributed by atoms with Crippen molar-refractivity contribution in [3.05, 3.63) is 64.2 Å². The van der Waals surface area contributed by atoms with E-state index in [1.54, 1.807) is 12.1 Å². The average Bonchev–Trinajstić information content (AvgIpc) is 3.42. The monoisotopic (exact) mass is 417 g/mol. The van der Waals surface area contributed by atoms with Crippen LogP contribution in [0.3, 0.4) is 0 Å². The van der Waals surface area contributed by atoms with Crippen molar-refractivity contribution in [1.82, 2.24) is 20.1 Å². The molecule has 3 aromatic rings. The van der Waals surface area contributed by atoms with Crippen molar-refractivity contribution in [3.63, 3.8) is 0 Å². The minimum absolute atomic E-state index is 0.114. The molecule has 1 aromatic carbocycles. The van der Waals surface area contributed by atoms with Gasteiger partial charge in [0.2, 0.25) is 5.89 Å². The Morgan fingerprint density at radius 1 is 1.26 bits per heavy atom. The third-order valence-corrected chi connectivity index (χ3v) is 5.64. The molecule has 31 heavy (non-hydrogen) atoms. The number of carbonyl (C=O) groups excluding carboxylic acids is 1. The van der Waals surface area contributed by atoms with E-state index in [0.717, 1.165) is 23.2 Å². The molecule has 0 N–H and O–H groups in total. The molecule has 0 spiro atoms. The molecule has 2 aliphatic rings. The minimum Gasteiger partial charge on any atom is -0.457 e. The van der Waals surface area contributed by atoms with Gasteiger partial charge in [-0.25, -0.2) is 9.78 Å². The van der Waals surface area contributed by atoms with Crippen LogP contribution in [0.4, 0.5) is 0 Å². The zero-order valence-electron chi connectivity index (χ0n) is 16.9. The Morgan fingerprint density at radius 3 is 2.97 bits per heavy atom. The number of pyridine rings is 1. The van der Waals surface area contributed by atoms with Crippen molar-refractivity contribution < 1.29 is 18.7 Å². The maximum atomic E-state index is 11.8. The van der Waals surface area contributed by atoms with Crippen molar-refractivity contribution in [2.75, 3.05) is 19.7 Å². The Balaban J connectivity index is 1.29. The number of fused-ring (bicyclic) bond motifs is 1. The van der Waals surface area contributed by atoms with Gasteiger partial charge in [-0.1, -0.05) is 6.07 Å². The van der Waals surface area contributed by atoms with Gasteiger partial charge in [-0.3, -0.25) is 4.90 Å². The van der Waals surface area contributed by atoms with Crippen molar-refractivity contribution in [1.29, 1.82) is 5.26 Å². The molecule has 156 valence electrons. The molecular formula is C22H19N5O4. The number of ether oxygens (including phenoxy) is 2. The maximum Gasteiger partial charge on any atom is 0.338 e. The van der Waals surface area contributed by atoms with Gasteiger partial charge in [-0.05, 0) is 36.2 Å². The van der Waals surface area contributed by atoms with E-state index in [1.807, 2.05) is 25.1 Å². The number of morpholine rings is 1. The number of rotatable bonds is 4. The van der Waals surface area contributed by atoms with Gasteiger partial charge < -0.3 is 13.9 Å². The van der Waals surface area contributed by atoms with Crippen LogP contribution < -0.4 is 0 Å². The number of carbonyl (C=O) groups is 1. The summed E-state index contributed by atoms with van der Waals surface area (Å²) >= 11 is 0. The van der Waals surface area contributed by atoms with E-state index in [4.69, 9.17) is 19.2 Å². The summed E-state index contributed by atoms with van der Waals surface area (Å²) in [6.07, 6.45) is 1.36. The van der Waals surface area contributed by atoms with Gasteiger partial charge in [0.15, 0.2) is 0 Å². The number of esters is 1. The molecule has 0 aliphatic carbocycles. The van der Waals surface area contributed by atoms with E-state index in [-0.39, 0.29) is 12.1 Å². The lowest BCUT2D eigenvalue weighted by atomic mass is 9.94. The smallest absolute Gasteiger partial charge is 0.338 e. The van der Waals surface area contributed by atoms with Gasteiger partial charge in [0.25, 0.3) is 5.89 Å². The molecule has 2 aliphatic heterocycles. The van der Waals surface area contributed by atoms with Crippen molar-refractivity contribution in [2.45, 2.75) is 26.2 Å². The van der Waals surface area contributed by atoms with Crippen LogP contribution in [0.2, 0.25) is 0 Å². The second-order valence-corrected chi connectivity index (χ2v) is 7.52. The van der Waals surface area contributed by atoms with Gasteiger partial charge in [0, 0.05) is 24.8 Å². The van der Waals surface area contributed by atoms with E-state index in [1.165, 1.54) is 6.20 Å². The average molecular weight is 417 g/mol. The molecule has 4 heterocycles. The molecule has 0 radical (unpaired) electrons. The Hall–Kier alpha value is -3.61. The summed E-state index contributed by atoms with van der Waals surface area (Å²) < 4.78 is 17.0. The lowest BCUT2D eigenvalue weighted by molar-refractivity contribution is -0.0354. The largest absolute Gasteiger partial charge is 0.457 e. The van der Waals surface area contributed by atoms with E-state index in [0.29, 0.717) is 54.9 Å². The van der Waals surface area contributed by atoms with Crippen LogP contribution in [0, 0.1) is 18.3 Å². The predicted octanol–water partition coefficient (Wildman–Crippen LogP) is 2.56. The van der Waals surface area contributed by atoms with Crippen molar-refractivity contribution >= 4 is 5.97 Å². The van der Waals surface area contributed by atoms with Gasteiger partial charge in [-0.2, -0.15) is 5.26 Å².